The lowest BCUT2D eigenvalue weighted by atomic mass is 9.80. The molecule has 84 valence electrons. The SMILES string of the molecule is OCC1CCCCC1CNc1ncns1. The zero-order valence-corrected chi connectivity index (χ0v) is 9.54. The molecule has 1 aromatic rings. The van der Waals surface area contributed by atoms with Crippen molar-refractivity contribution in [2.75, 3.05) is 18.5 Å². The number of hydrogen-bond acceptors (Lipinski definition) is 5. The molecule has 1 aromatic heterocycles. The third-order valence-corrected chi connectivity index (χ3v) is 3.80. The summed E-state index contributed by atoms with van der Waals surface area (Å²) in [6.45, 7) is 1.24. The molecule has 2 unspecified atom stereocenters. The van der Waals surface area contributed by atoms with Crippen LogP contribution < -0.4 is 5.32 Å². The molecule has 0 aromatic carbocycles. The number of aliphatic hydroxyl groups excluding tert-OH is 1. The molecular formula is C10H17N3OS. The number of nitrogens with one attached hydrogen (secondary N) is 1. The minimum atomic E-state index is 0.322. The first kappa shape index (κ1) is 10.8. The third kappa shape index (κ3) is 2.89. The van der Waals surface area contributed by atoms with Crippen LogP contribution in [0.4, 0.5) is 5.13 Å². The number of rotatable bonds is 4. The average molecular weight is 227 g/mol. The molecular weight excluding hydrogens is 210 g/mol. The van der Waals surface area contributed by atoms with Crippen LogP contribution in [0, 0.1) is 11.8 Å². The minimum Gasteiger partial charge on any atom is -0.396 e. The van der Waals surface area contributed by atoms with Gasteiger partial charge >= 0.3 is 0 Å². The Morgan fingerprint density at radius 3 is 2.87 bits per heavy atom. The van der Waals surface area contributed by atoms with Crippen LogP contribution in [0.3, 0.4) is 0 Å². The standard InChI is InChI=1S/C10H17N3OS/c14-6-9-4-2-1-3-8(9)5-11-10-12-7-13-15-10/h7-9,14H,1-6H2,(H,11,12,13). The van der Waals surface area contributed by atoms with Crippen molar-refractivity contribution in [3.8, 4) is 0 Å². The predicted octanol–water partition coefficient (Wildman–Crippen LogP) is 1.75. The fourth-order valence-electron chi connectivity index (χ4n) is 2.26. The van der Waals surface area contributed by atoms with Crippen molar-refractivity contribution < 1.29 is 5.11 Å². The van der Waals surface area contributed by atoms with E-state index in [4.69, 9.17) is 0 Å². The second-order valence-electron chi connectivity index (χ2n) is 4.11. The van der Waals surface area contributed by atoms with Crippen molar-refractivity contribution in [3.63, 3.8) is 0 Å². The normalized spacial score (nSPS) is 26.5. The van der Waals surface area contributed by atoms with Crippen molar-refractivity contribution in [2.24, 2.45) is 11.8 Å². The quantitative estimate of drug-likeness (QED) is 0.822. The summed E-state index contributed by atoms with van der Waals surface area (Å²) in [7, 11) is 0. The lowest BCUT2D eigenvalue weighted by Crippen LogP contribution is -2.28. The van der Waals surface area contributed by atoms with Gasteiger partial charge in [-0.1, -0.05) is 12.8 Å². The number of nitrogens with zero attached hydrogens (tertiary/aromatic N) is 2. The van der Waals surface area contributed by atoms with Gasteiger partial charge in [0.25, 0.3) is 0 Å². The van der Waals surface area contributed by atoms with Crippen LogP contribution in [-0.4, -0.2) is 27.6 Å². The van der Waals surface area contributed by atoms with Crippen LogP contribution in [0.5, 0.6) is 0 Å². The van der Waals surface area contributed by atoms with E-state index in [-0.39, 0.29) is 0 Å². The van der Waals surface area contributed by atoms with E-state index >= 15 is 0 Å². The van der Waals surface area contributed by atoms with Crippen LogP contribution in [0.2, 0.25) is 0 Å². The van der Waals surface area contributed by atoms with Crippen molar-refractivity contribution in [2.45, 2.75) is 25.7 Å². The Morgan fingerprint density at radius 2 is 2.20 bits per heavy atom. The highest BCUT2D eigenvalue weighted by Crippen LogP contribution is 2.29. The molecule has 2 N–H and O–H groups in total. The number of hydrogen-bond donors (Lipinski definition) is 2. The zero-order chi connectivity index (χ0) is 10.5. The van der Waals surface area contributed by atoms with Gasteiger partial charge in [0.15, 0.2) is 0 Å². The first-order valence-electron chi connectivity index (χ1n) is 5.51. The molecule has 2 rings (SSSR count). The van der Waals surface area contributed by atoms with Gasteiger partial charge in [-0.3, -0.25) is 0 Å². The van der Waals surface area contributed by atoms with E-state index < -0.39 is 0 Å². The van der Waals surface area contributed by atoms with Gasteiger partial charge in [0.1, 0.15) is 6.33 Å². The molecule has 1 fully saturated rings. The number of aliphatic hydroxyl groups is 1. The molecule has 1 saturated carbocycles. The molecule has 0 aliphatic heterocycles. The second-order valence-corrected chi connectivity index (χ2v) is 4.89. The summed E-state index contributed by atoms with van der Waals surface area (Å²) in [4.78, 5) is 4.09. The Bertz CT molecular complexity index is 278. The molecule has 0 amide bonds. The topological polar surface area (TPSA) is 58.0 Å². The first-order chi connectivity index (χ1) is 7.40. The molecule has 2 atom stereocenters. The van der Waals surface area contributed by atoms with Gasteiger partial charge in [-0.25, -0.2) is 4.98 Å². The molecule has 1 heterocycles. The lowest BCUT2D eigenvalue weighted by Gasteiger charge is -2.30. The largest absolute Gasteiger partial charge is 0.396 e. The summed E-state index contributed by atoms with van der Waals surface area (Å²) >= 11 is 1.39. The van der Waals surface area contributed by atoms with Gasteiger partial charge in [0, 0.05) is 24.7 Å². The van der Waals surface area contributed by atoms with Crippen LogP contribution >= 0.6 is 11.5 Å². The monoisotopic (exact) mass is 227 g/mol. The number of anilines is 1. The Balaban J connectivity index is 1.81. The lowest BCUT2D eigenvalue weighted by molar-refractivity contribution is 0.141. The maximum atomic E-state index is 9.27. The fourth-order valence-corrected chi connectivity index (χ4v) is 2.70. The molecule has 15 heavy (non-hydrogen) atoms. The van der Waals surface area contributed by atoms with Crippen molar-refractivity contribution in [1.29, 1.82) is 0 Å². The van der Waals surface area contributed by atoms with E-state index in [1.54, 1.807) is 6.33 Å². The van der Waals surface area contributed by atoms with Gasteiger partial charge in [-0.2, -0.15) is 4.37 Å². The van der Waals surface area contributed by atoms with E-state index in [9.17, 15) is 5.11 Å². The van der Waals surface area contributed by atoms with Crippen molar-refractivity contribution in [1.82, 2.24) is 9.36 Å². The first-order valence-corrected chi connectivity index (χ1v) is 6.29. The summed E-state index contributed by atoms with van der Waals surface area (Å²) < 4.78 is 3.94. The van der Waals surface area contributed by atoms with Crippen molar-refractivity contribution >= 4 is 16.7 Å². The van der Waals surface area contributed by atoms with Crippen LogP contribution in [-0.2, 0) is 0 Å². The van der Waals surface area contributed by atoms with Crippen LogP contribution in [0.15, 0.2) is 6.33 Å². The summed E-state index contributed by atoms with van der Waals surface area (Å²) in [5, 5.41) is 13.4. The minimum absolute atomic E-state index is 0.322. The van der Waals surface area contributed by atoms with E-state index in [0.717, 1.165) is 11.7 Å². The zero-order valence-electron chi connectivity index (χ0n) is 8.72. The molecule has 0 saturated heterocycles. The van der Waals surface area contributed by atoms with Gasteiger partial charge < -0.3 is 10.4 Å². The number of aromatic nitrogens is 2. The van der Waals surface area contributed by atoms with E-state index in [0.29, 0.717) is 18.4 Å². The van der Waals surface area contributed by atoms with Gasteiger partial charge in [-0.15, -0.1) is 0 Å². The van der Waals surface area contributed by atoms with E-state index in [1.807, 2.05) is 0 Å². The summed E-state index contributed by atoms with van der Waals surface area (Å²) in [6, 6.07) is 0. The Kier molecular flexibility index (Phi) is 3.91. The van der Waals surface area contributed by atoms with Gasteiger partial charge in [0.2, 0.25) is 5.13 Å². The third-order valence-electron chi connectivity index (χ3n) is 3.18. The Labute approximate surface area is 93.9 Å². The molecule has 1 aliphatic carbocycles. The Hall–Kier alpha value is -0.680. The Morgan fingerprint density at radius 1 is 1.40 bits per heavy atom. The molecule has 5 heteroatoms. The molecule has 4 nitrogen and oxygen atoms in total. The highest BCUT2D eigenvalue weighted by atomic mass is 32.1. The van der Waals surface area contributed by atoms with E-state index in [1.165, 1.54) is 37.2 Å². The maximum Gasteiger partial charge on any atom is 0.202 e. The second kappa shape index (κ2) is 5.42. The van der Waals surface area contributed by atoms with Crippen molar-refractivity contribution in [3.05, 3.63) is 6.33 Å². The van der Waals surface area contributed by atoms with Gasteiger partial charge in [-0.05, 0) is 24.7 Å². The molecule has 1 aliphatic rings. The highest BCUT2D eigenvalue weighted by molar-refractivity contribution is 7.09. The molecule has 0 bridgehead atoms. The van der Waals surface area contributed by atoms with E-state index in [2.05, 4.69) is 14.7 Å². The summed E-state index contributed by atoms with van der Waals surface area (Å²) in [5.41, 5.74) is 0. The summed E-state index contributed by atoms with van der Waals surface area (Å²) in [6.07, 6.45) is 6.51. The highest BCUT2D eigenvalue weighted by Gasteiger charge is 2.24. The fraction of sp³-hybridized carbons (Fsp3) is 0.800. The molecule has 0 spiro atoms. The summed E-state index contributed by atoms with van der Waals surface area (Å²) in [5.74, 6) is 1.06. The average Bonchev–Trinajstić information content (AvgIpc) is 2.79. The smallest absolute Gasteiger partial charge is 0.202 e. The van der Waals surface area contributed by atoms with Gasteiger partial charge in [0.05, 0.1) is 0 Å². The van der Waals surface area contributed by atoms with Crippen LogP contribution in [0.1, 0.15) is 25.7 Å². The molecule has 0 radical (unpaired) electrons. The maximum absolute atomic E-state index is 9.27. The predicted molar refractivity (Wildman–Crippen MR) is 60.9 cm³/mol. The van der Waals surface area contributed by atoms with Crippen LogP contribution in [0.25, 0.3) is 0 Å².